The van der Waals surface area contributed by atoms with E-state index in [-0.39, 0.29) is 21.1 Å². The van der Waals surface area contributed by atoms with E-state index in [1.807, 2.05) is 0 Å². The molecule has 2 atom stereocenters. The molecule has 0 saturated heterocycles. The summed E-state index contributed by atoms with van der Waals surface area (Å²) in [6, 6.07) is 44.5. The van der Waals surface area contributed by atoms with Crippen LogP contribution in [0.25, 0.3) is 0 Å². The Morgan fingerprint density at radius 3 is 0.889 bits per heavy atom. The molecule has 0 bridgehead atoms. The van der Waals surface area contributed by atoms with Crippen molar-refractivity contribution in [2.75, 3.05) is 0 Å². The first-order chi connectivity index (χ1) is 17.0. The van der Waals surface area contributed by atoms with Gasteiger partial charge >= 0.3 is 43.1 Å². The molecule has 0 heterocycles. The van der Waals surface area contributed by atoms with E-state index in [1.54, 1.807) is 0 Å². The fraction of sp³-hybridized carbons (Fsp3) is 0.172. The molecule has 0 aliphatic heterocycles. The van der Waals surface area contributed by atoms with Crippen LogP contribution in [0.15, 0.2) is 121 Å². The molecular formula is C29H30Cl3P2PtSn. The summed E-state index contributed by atoms with van der Waals surface area (Å²) in [5, 5.41) is 5.92. The molecule has 0 aromatic heterocycles. The fourth-order valence-corrected chi connectivity index (χ4v) is 10.2. The molecule has 1 radical (unpaired) electrons. The van der Waals surface area contributed by atoms with Crippen LogP contribution < -0.4 is 21.2 Å². The van der Waals surface area contributed by atoms with Gasteiger partial charge in [-0.15, -0.1) is 0 Å². The molecule has 7 heteroatoms. The van der Waals surface area contributed by atoms with Gasteiger partial charge < -0.3 is 0 Å². The number of halogens is 3. The Hall–Kier alpha value is 0.0970. The second-order valence-corrected chi connectivity index (χ2v) is 26.3. The molecule has 4 aromatic rings. The SMILES string of the molecule is CC(CC(C)P(c1ccccc1)c1ccccc1)P(c1ccccc1)c1ccccc1.[Cl][Sn]([Cl])[Cl].[Pt]. The Kier molecular flexibility index (Phi) is 15.8. The monoisotopic (exact) mass is 860 g/mol. The Balaban J connectivity index is 0.000000850. The maximum absolute atomic E-state index is 5.00. The zero-order valence-electron chi connectivity index (χ0n) is 20.3. The third kappa shape index (κ3) is 10.3. The minimum Gasteiger partial charge on any atom is 0 e. The molecule has 2 unspecified atom stereocenters. The summed E-state index contributed by atoms with van der Waals surface area (Å²) >= 11 is -2.13. The van der Waals surface area contributed by atoms with Crippen molar-refractivity contribution in [2.45, 2.75) is 31.6 Å². The number of benzene rings is 4. The minimum atomic E-state index is -2.13. The normalized spacial score (nSPS) is 12.4. The number of hydrogen-bond acceptors (Lipinski definition) is 0. The van der Waals surface area contributed by atoms with Gasteiger partial charge in [-0.25, -0.2) is 0 Å². The van der Waals surface area contributed by atoms with Gasteiger partial charge in [-0.05, 0) is 54.8 Å². The van der Waals surface area contributed by atoms with Crippen molar-refractivity contribution in [2.24, 2.45) is 0 Å². The summed E-state index contributed by atoms with van der Waals surface area (Å²) in [5.74, 6) is 0. The second kappa shape index (κ2) is 17.6. The smallest absolute Gasteiger partial charge is 0 e. The summed E-state index contributed by atoms with van der Waals surface area (Å²) in [5.41, 5.74) is 1.21. The van der Waals surface area contributed by atoms with Crippen molar-refractivity contribution in [3.63, 3.8) is 0 Å². The van der Waals surface area contributed by atoms with E-state index in [0.717, 1.165) is 0 Å². The minimum absolute atomic E-state index is 0. The largest absolute Gasteiger partial charge is 0 e. The zero-order valence-corrected chi connectivity index (χ0v) is 29.4. The second-order valence-electron chi connectivity index (χ2n) is 8.23. The maximum Gasteiger partial charge on any atom is 0 e. The van der Waals surface area contributed by atoms with Gasteiger partial charge in [0.1, 0.15) is 0 Å². The van der Waals surface area contributed by atoms with Crippen molar-refractivity contribution in [1.82, 2.24) is 0 Å². The van der Waals surface area contributed by atoms with E-state index in [2.05, 4.69) is 135 Å². The van der Waals surface area contributed by atoms with E-state index < -0.39 is 32.2 Å². The molecule has 0 N–H and O–H groups in total. The van der Waals surface area contributed by atoms with Crippen LogP contribution in [0.2, 0.25) is 0 Å². The first-order valence-corrected chi connectivity index (χ1v) is 25.3. The predicted molar refractivity (Wildman–Crippen MR) is 165 cm³/mol. The molecule has 0 aliphatic rings. The molecule has 0 nitrogen and oxygen atoms in total. The van der Waals surface area contributed by atoms with E-state index in [9.17, 15) is 0 Å². The third-order valence-electron chi connectivity index (χ3n) is 5.70. The summed E-state index contributed by atoms with van der Waals surface area (Å²) < 4.78 is 0. The van der Waals surface area contributed by atoms with E-state index in [0.29, 0.717) is 11.3 Å². The van der Waals surface area contributed by atoms with Crippen molar-refractivity contribution in [3.8, 4) is 0 Å². The van der Waals surface area contributed by atoms with Gasteiger partial charge in [-0.1, -0.05) is 135 Å². The predicted octanol–water partition coefficient (Wildman–Crippen LogP) is 8.10. The van der Waals surface area contributed by atoms with Crippen LogP contribution in [0, 0.1) is 0 Å². The number of rotatable bonds is 8. The van der Waals surface area contributed by atoms with Crippen molar-refractivity contribution in [3.05, 3.63) is 121 Å². The van der Waals surface area contributed by atoms with Crippen LogP contribution in [-0.4, -0.2) is 27.7 Å². The number of hydrogen-bond donors (Lipinski definition) is 0. The molecule has 0 spiro atoms. The summed E-state index contributed by atoms with van der Waals surface area (Å²) in [4.78, 5) is 0. The van der Waals surface area contributed by atoms with Crippen LogP contribution in [0.5, 0.6) is 0 Å². The Labute approximate surface area is 251 Å². The average Bonchev–Trinajstić information content (AvgIpc) is 2.87. The van der Waals surface area contributed by atoms with Crippen molar-refractivity contribution in [1.29, 1.82) is 0 Å². The van der Waals surface area contributed by atoms with Gasteiger partial charge in [0.2, 0.25) is 0 Å². The van der Waals surface area contributed by atoms with Crippen molar-refractivity contribution < 1.29 is 21.1 Å². The average molecular weight is 861 g/mol. The van der Waals surface area contributed by atoms with Gasteiger partial charge in [0.05, 0.1) is 0 Å². The Morgan fingerprint density at radius 2 is 0.694 bits per heavy atom. The van der Waals surface area contributed by atoms with Crippen LogP contribution in [0.3, 0.4) is 0 Å². The molecule has 4 aromatic carbocycles. The fourth-order valence-electron chi connectivity index (χ4n) is 4.37. The molecule has 191 valence electrons. The van der Waals surface area contributed by atoms with E-state index in [4.69, 9.17) is 26.8 Å². The summed E-state index contributed by atoms with van der Waals surface area (Å²) in [7, 11) is 14.2. The summed E-state index contributed by atoms with van der Waals surface area (Å²) in [6.07, 6.45) is 1.21. The third-order valence-corrected chi connectivity index (χ3v) is 11.3. The molecule has 0 saturated carbocycles. The molecular weight excluding hydrogens is 830 g/mol. The zero-order chi connectivity index (χ0) is 25.0. The summed E-state index contributed by atoms with van der Waals surface area (Å²) in [6.45, 7) is 4.93. The molecule has 0 aliphatic carbocycles. The van der Waals surface area contributed by atoms with Crippen molar-refractivity contribution >= 4 is 80.2 Å². The standard InChI is InChI=1S/C29H30P2.3ClH.Pt.Sn/c1-24(30(26-15-7-3-8-16-26)27-17-9-4-10-18-27)23-25(2)31(28-19-11-5-12-20-28)29-21-13-6-14-22-29;;;;;/h3-22,24-25H,23H2,1-2H3;3*1H;;/q;;;;;+3/p-3. The Morgan fingerprint density at radius 1 is 0.500 bits per heavy atom. The van der Waals surface area contributed by atoms with Crippen LogP contribution in [0.4, 0.5) is 0 Å². The van der Waals surface area contributed by atoms with Crippen LogP contribution >= 0.6 is 42.6 Å². The molecule has 0 amide bonds. The molecule has 4 rings (SSSR count). The maximum atomic E-state index is 5.00. The van der Waals surface area contributed by atoms with Gasteiger partial charge in [-0.3, -0.25) is 0 Å². The van der Waals surface area contributed by atoms with Gasteiger partial charge in [0, 0.05) is 21.1 Å². The topological polar surface area (TPSA) is 0 Å². The quantitative estimate of drug-likeness (QED) is 0.124. The van der Waals surface area contributed by atoms with Gasteiger partial charge in [0.15, 0.2) is 0 Å². The first kappa shape index (κ1) is 32.3. The van der Waals surface area contributed by atoms with E-state index >= 15 is 0 Å². The Bertz CT molecular complexity index is 938. The van der Waals surface area contributed by atoms with Crippen LogP contribution in [0.1, 0.15) is 20.3 Å². The van der Waals surface area contributed by atoms with Gasteiger partial charge in [0.25, 0.3) is 0 Å². The van der Waals surface area contributed by atoms with Crippen LogP contribution in [-0.2, 0) is 21.1 Å². The molecule has 36 heavy (non-hydrogen) atoms. The van der Waals surface area contributed by atoms with E-state index in [1.165, 1.54) is 27.6 Å². The van der Waals surface area contributed by atoms with Gasteiger partial charge in [-0.2, -0.15) is 0 Å². The first-order valence-electron chi connectivity index (χ1n) is 11.6. The molecule has 0 fully saturated rings.